The predicted molar refractivity (Wildman–Crippen MR) is 105 cm³/mol. The maximum Gasteiger partial charge on any atom is 0.338 e. The number of hydrogen-bond donors (Lipinski definition) is 2. The Balaban J connectivity index is 1.77. The summed E-state index contributed by atoms with van der Waals surface area (Å²) in [6.07, 6.45) is 4.10. The topological polar surface area (TPSA) is 59.6 Å². The van der Waals surface area contributed by atoms with Crippen LogP contribution in [0.15, 0.2) is 35.5 Å². The summed E-state index contributed by atoms with van der Waals surface area (Å²) in [6.45, 7) is 1.26. The molecule has 0 amide bonds. The lowest BCUT2D eigenvalue weighted by Gasteiger charge is -2.31. The average Bonchev–Trinajstić information content (AvgIpc) is 3.15. The first-order valence-electron chi connectivity index (χ1n) is 9.15. The Kier molecular flexibility index (Phi) is 5.99. The van der Waals surface area contributed by atoms with Gasteiger partial charge >= 0.3 is 5.97 Å². The van der Waals surface area contributed by atoms with Crippen LogP contribution in [0, 0.1) is 0 Å². The van der Waals surface area contributed by atoms with Crippen molar-refractivity contribution in [2.45, 2.75) is 44.1 Å². The third-order valence-corrected chi connectivity index (χ3v) is 5.70. The van der Waals surface area contributed by atoms with Crippen molar-refractivity contribution in [1.82, 2.24) is 10.6 Å². The van der Waals surface area contributed by atoms with E-state index in [1.54, 1.807) is 14.0 Å². The van der Waals surface area contributed by atoms with Crippen molar-refractivity contribution in [1.29, 1.82) is 0 Å². The molecule has 1 aliphatic carbocycles. The highest BCUT2D eigenvalue weighted by atomic mass is 32.1. The Morgan fingerprint density at radius 1 is 1.30 bits per heavy atom. The highest BCUT2D eigenvalue weighted by molar-refractivity contribution is 7.80. The number of benzene rings is 1. The number of carbonyl (C=O) groups excluding carboxylic acids is 1. The van der Waals surface area contributed by atoms with E-state index in [0.717, 1.165) is 37.0 Å². The van der Waals surface area contributed by atoms with Gasteiger partial charge < -0.3 is 20.1 Å². The maximum absolute atomic E-state index is 13.4. The van der Waals surface area contributed by atoms with Gasteiger partial charge in [0.1, 0.15) is 19.0 Å². The molecule has 1 heterocycles. The molecule has 5 nitrogen and oxygen atoms in total. The zero-order chi connectivity index (χ0) is 19.4. The number of methoxy groups -OCH3 is 1. The summed E-state index contributed by atoms with van der Waals surface area (Å²) in [5, 5.41) is 5.97. The monoisotopic (exact) mass is 392 g/mol. The van der Waals surface area contributed by atoms with Gasteiger partial charge in [0.2, 0.25) is 0 Å². The van der Waals surface area contributed by atoms with Crippen molar-refractivity contribution in [3.8, 4) is 5.75 Å². The minimum atomic E-state index is -0.772. The lowest BCUT2D eigenvalue weighted by molar-refractivity contribution is -0.141. The zero-order valence-electron chi connectivity index (χ0n) is 15.6. The number of hydrogen-bond acceptors (Lipinski definition) is 4. The second-order valence-electron chi connectivity index (χ2n) is 7.14. The molecule has 1 atom stereocenters. The van der Waals surface area contributed by atoms with Crippen molar-refractivity contribution in [2.75, 3.05) is 20.4 Å². The van der Waals surface area contributed by atoms with Crippen molar-refractivity contribution in [3.63, 3.8) is 0 Å². The van der Waals surface area contributed by atoms with Crippen LogP contribution in [0.4, 0.5) is 4.39 Å². The first-order chi connectivity index (χ1) is 13.0. The number of thiocarbonyl (C=S) groups is 1. The number of rotatable bonds is 6. The molecule has 1 aromatic carbocycles. The molecule has 27 heavy (non-hydrogen) atoms. The van der Waals surface area contributed by atoms with Crippen LogP contribution in [-0.2, 0) is 14.9 Å². The highest BCUT2D eigenvalue weighted by Gasteiger charge is 2.38. The summed E-state index contributed by atoms with van der Waals surface area (Å²) in [5.41, 5.74) is 1.75. The van der Waals surface area contributed by atoms with E-state index < -0.39 is 18.7 Å². The molecular weight excluding hydrogens is 367 g/mol. The van der Waals surface area contributed by atoms with Crippen LogP contribution in [0.2, 0.25) is 0 Å². The van der Waals surface area contributed by atoms with E-state index in [9.17, 15) is 9.18 Å². The van der Waals surface area contributed by atoms with E-state index >= 15 is 0 Å². The van der Waals surface area contributed by atoms with Crippen molar-refractivity contribution in [2.24, 2.45) is 0 Å². The van der Waals surface area contributed by atoms with E-state index in [2.05, 4.69) is 10.6 Å². The summed E-state index contributed by atoms with van der Waals surface area (Å²) in [4.78, 5) is 12.7. The second-order valence-corrected chi connectivity index (χ2v) is 7.54. The summed E-state index contributed by atoms with van der Waals surface area (Å²) in [6, 6.07) is 7.16. The Labute approximate surface area is 164 Å². The van der Waals surface area contributed by atoms with Gasteiger partial charge in [0.15, 0.2) is 5.11 Å². The molecule has 1 aliphatic heterocycles. The molecule has 1 aromatic rings. The smallest absolute Gasteiger partial charge is 0.338 e. The number of esters is 1. The molecule has 2 N–H and O–H groups in total. The molecule has 1 unspecified atom stereocenters. The number of allylic oxidation sites excluding steroid dienone is 1. The van der Waals surface area contributed by atoms with Gasteiger partial charge in [0, 0.05) is 11.1 Å². The number of ether oxygens (including phenoxy) is 2. The molecule has 7 heteroatoms. The number of halogens is 1. The van der Waals surface area contributed by atoms with Crippen molar-refractivity contribution in [3.05, 3.63) is 41.1 Å². The van der Waals surface area contributed by atoms with E-state index in [-0.39, 0.29) is 17.6 Å². The third kappa shape index (κ3) is 4.08. The lowest BCUT2D eigenvalue weighted by Crippen LogP contribution is -2.51. The summed E-state index contributed by atoms with van der Waals surface area (Å²) in [5.74, 6) is 0.295. The SMILES string of the molecule is COc1ccc(C2(COC(=O)C3=C(C)NC(=S)NC3CF)CCCC2)cc1. The van der Waals surface area contributed by atoms with E-state index in [0.29, 0.717) is 10.8 Å². The van der Waals surface area contributed by atoms with Gasteiger partial charge in [-0.05, 0) is 49.7 Å². The van der Waals surface area contributed by atoms with Crippen LogP contribution in [0.1, 0.15) is 38.2 Å². The van der Waals surface area contributed by atoms with Crippen molar-refractivity contribution >= 4 is 23.3 Å². The quantitative estimate of drug-likeness (QED) is 0.573. The van der Waals surface area contributed by atoms with E-state index in [1.165, 1.54) is 0 Å². The molecule has 0 bridgehead atoms. The molecule has 0 radical (unpaired) electrons. The second kappa shape index (κ2) is 8.25. The van der Waals surface area contributed by atoms with Crippen molar-refractivity contribution < 1.29 is 18.7 Å². The Hall–Kier alpha value is -2.15. The standard InChI is InChI=1S/C20H25FN2O3S/c1-13-17(16(11-21)23-19(27)22-13)18(24)26-12-20(9-3-4-10-20)14-5-7-15(25-2)8-6-14/h5-8,16H,3-4,9-12H2,1-2H3,(H2,22,23,27). The molecule has 1 saturated carbocycles. The molecule has 0 spiro atoms. The number of alkyl halides is 1. The third-order valence-electron chi connectivity index (χ3n) is 5.48. The number of carbonyl (C=O) groups is 1. The normalized spacial score (nSPS) is 21.4. The predicted octanol–water partition coefficient (Wildman–Crippen LogP) is 3.14. The van der Waals surface area contributed by atoms with Gasteiger partial charge in [-0.2, -0.15) is 0 Å². The maximum atomic E-state index is 13.4. The van der Waals surface area contributed by atoms with Gasteiger partial charge in [-0.3, -0.25) is 0 Å². The number of nitrogens with one attached hydrogen (secondary N) is 2. The van der Waals surface area contributed by atoms with Crippen LogP contribution in [0.25, 0.3) is 0 Å². The summed E-state index contributed by atoms with van der Waals surface area (Å²) >= 11 is 5.03. The average molecular weight is 392 g/mol. The molecule has 0 aromatic heterocycles. The van der Waals surface area contributed by atoms with Gasteiger partial charge in [-0.1, -0.05) is 25.0 Å². The van der Waals surface area contributed by atoms with Gasteiger partial charge in [0.25, 0.3) is 0 Å². The lowest BCUT2D eigenvalue weighted by atomic mass is 9.79. The van der Waals surface area contributed by atoms with Crippen LogP contribution < -0.4 is 15.4 Å². The van der Waals surface area contributed by atoms with Crippen LogP contribution >= 0.6 is 12.2 Å². The van der Waals surface area contributed by atoms with Gasteiger partial charge in [-0.15, -0.1) is 0 Å². The fourth-order valence-electron chi connectivity index (χ4n) is 3.97. The Bertz CT molecular complexity index is 742. The summed E-state index contributed by atoms with van der Waals surface area (Å²) in [7, 11) is 1.64. The van der Waals surface area contributed by atoms with E-state index in [4.69, 9.17) is 21.7 Å². The minimum absolute atomic E-state index is 0.202. The van der Waals surface area contributed by atoms with Crippen LogP contribution in [0.3, 0.4) is 0 Å². The Morgan fingerprint density at radius 3 is 2.56 bits per heavy atom. The largest absolute Gasteiger partial charge is 0.497 e. The van der Waals surface area contributed by atoms with Gasteiger partial charge in [-0.25, -0.2) is 9.18 Å². The molecule has 0 saturated heterocycles. The first-order valence-corrected chi connectivity index (χ1v) is 9.56. The summed E-state index contributed by atoms with van der Waals surface area (Å²) < 4.78 is 24.3. The highest BCUT2D eigenvalue weighted by Crippen LogP contribution is 2.42. The molecule has 1 fully saturated rings. The molecule has 2 aliphatic rings. The van der Waals surface area contributed by atoms with Crippen LogP contribution in [-0.4, -0.2) is 37.5 Å². The van der Waals surface area contributed by atoms with Crippen LogP contribution in [0.5, 0.6) is 5.75 Å². The first kappa shape index (κ1) is 19.6. The zero-order valence-corrected chi connectivity index (χ0v) is 16.5. The van der Waals surface area contributed by atoms with Gasteiger partial charge in [0.05, 0.1) is 18.7 Å². The molecule has 3 rings (SSSR count). The Morgan fingerprint density at radius 2 is 1.96 bits per heavy atom. The van der Waals surface area contributed by atoms with E-state index in [1.807, 2.05) is 24.3 Å². The minimum Gasteiger partial charge on any atom is -0.497 e. The molecular formula is C20H25FN2O3S. The fourth-order valence-corrected chi connectivity index (χ4v) is 4.27. The molecule has 146 valence electrons. The fraction of sp³-hybridized carbons (Fsp3) is 0.500.